The number of fused-ring (bicyclic) bond motifs is 1. The number of nitrogens with zero attached hydrogens (tertiary/aromatic N) is 1. The van der Waals surface area contributed by atoms with Crippen LogP contribution in [0.5, 0.6) is 0 Å². The second-order valence-corrected chi connectivity index (χ2v) is 4.73. The van der Waals surface area contributed by atoms with E-state index in [1.807, 2.05) is 0 Å². The maximum atomic E-state index is 13.8. The number of hydrogen-bond donors (Lipinski definition) is 1. The maximum Gasteiger partial charge on any atom is 0.249 e. The molecule has 2 aromatic rings. The van der Waals surface area contributed by atoms with Crippen LogP contribution in [0.2, 0.25) is 0 Å². The summed E-state index contributed by atoms with van der Waals surface area (Å²) < 4.78 is 32.5. The molecule has 0 fully saturated rings. The van der Waals surface area contributed by atoms with E-state index in [0.29, 0.717) is 11.5 Å². The Balaban J connectivity index is 2.03. The highest BCUT2D eigenvalue weighted by Gasteiger charge is 2.38. The highest BCUT2D eigenvalue weighted by atomic mass is 19.1. The van der Waals surface area contributed by atoms with Crippen molar-refractivity contribution in [1.82, 2.24) is 0 Å². The molecule has 0 saturated carbocycles. The molecule has 1 aliphatic rings. The Morgan fingerprint density at radius 2 is 2.10 bits per heavy atom. The maximum absolute atomic E-state index is 13.8. The third-order valence-corrected chi connectivity index (χ3v) is 3.32. The van der Waals surface area contributed by atoms with Gasteiger partial charge in [-0.1, -0.05) is 0 Å². The molecule has 2 N–H and O–H groups in total. The van der Waals surface area contributed by atoms with E-state index in [2.05, 4.69) is 0 Å². The molecule has 1 aromatic heterocycles. The smallest absolute Gasteiger partial charge is 0.249 e. The van der Waals surface area contributed by atoms with Crippen LogP contribution < -0.4 is 10.6 Å². The zero-order valence-electron chi connectivity index (χ0n) is 10.7. The van der Waals surface area contributed by atoms with Crippen LogP contribution in [0.1, 0.15) is 23.1 Å². The van der Waals surface area contributed by atoms with Gasteiger partial charge in [0.25, 0.3) is 0 Å². The molecule has 2 heterocycles. The molecule has 0 saturated heterocycles. The average molecular weight is 278 g/mol. The molecule has 4 nitrogen and oxygen atoms in total. The van der Waals surface area contributed by atoms with Gasteiger partial charge in [-0.15, -0.1) is 0 Å². The van der Waals surface area contributed by atoms with Gasteiger partial charge in [0.2, 0.25) is 5.91 Å². The van der Waals surface area contributed by atoms with E-state index in [1.54, 1.807) is 19.1 Å². The fourth-order valence-electron chi connectivity index (χ4n) is 2.40. The van der Waals surface area contributed by atoms with Gasteiger partial charge in [-0.3, -0.25) is 4.79 Å². The fraction of sp³-hybridized carbons (Fsp3) is 0.214. The summed E-state index contributed by atoms with van der Waals surface area (Å²) in [4.78, 5) is 13.3. The molecule has 1 amide bonds. The topological polar surface area (TPSA) is 59.5 Å². The van der Waals surface area contributed by atoms with Gasteiger partial charge in [0.05, 0.1) is 12.2 Å². The fourth-order valence-corrected chi connectivity index (χ4v) is 2.40. The van der Waals surface area contributed by atoms with Gasteiger partial charge in [-0.25, -0.2) is 8.78 Å². The van der Waals surface area contributed by atoms with Gasteiger partial charge in [0.15, 0.2) is 0 Å². The van der Waals surface area contributed by atoms with E-state index in [0.717, 1.165) is 12.1 Å². The summed E-state index contributed by atoms with van der Waals surface area (Å²) in [6.07, 6.45) is 0. The third-order valence-electron chi connectivity index (χ3n) is 3.32. The molecule has 0 spiro atoms. The zero-order chi connectivity index (χ0) is 14.4. The molecule has 1 unspecified atom stereocenters. The summed E-state index contributed by atoms with van der Waals surface area (Å²) in [5.74, 6) is -0.802. The molecule has 3 rings (SSSR count). The van der Waals surface area contributed by atoms with Crippen molar-refractivity contribution in [3.63, 3.8) is 0 Å². The molecule has 1 atom stereocenters. The number of halogens is 2. The number of anilines is 1. The van der Waals surface area contributed by atoms with Gasteiger partial charge in [0, 0.05) is 11.6 Å². The van der Waals surface area contributed by atoms with E-state index in [1.165, 1.54) is 4.90 Å². The van der Waals surface area contributed by atoms with E-state index in [9.17, 15) is 13.6 Å². The standard InChI is InChI=1S/C14H12F2N2O2/c1-7-2-3-9(20-7)6-18-11-5-8(15)4-10(16)12(11)13(17)14(18)19/h2-5,13H,6,17H2,1H3. The van der Waals surface area contributed by atoms with Crippen molar-refractivity contribution in [3.05, 3.63) is 53.0 Å². The van der Waals surface area contributed by atoms with E-state index >= 15 is 0 Å². The summed E-state index contributed by atoms with van der Waals surface area (Å²) in [6, 6.07) is 4.19. The molecule has 0 aliphatic carbocycles. The summed E-state index contributed by atoms with van der Waals surface area (Å²) >= 11 is 0. The van der Waals surface area contributed by atoms with Crippen LogP contribution >= 0.6 is 0 Å². The van der Waals surface area contributed by atoms with Crippen molar-refractivity contribution in [1.29, 1.82) is 0 Å². The van der Waals surface area contributed by atoms with Gasteiger partial charge in [-0.2, -0.15) is 0 Å². The first-order valence-corrected chi connectivity index (χ1v) is 6.08. The largest absolute Gasteiger partial charge is 0.464 e. The number of carbonyl (C=O) groups is 1. The average Bonchev–Trinajstić information content (AvgIpc) is 2.87. The number of aryl methyl sites for hydroxylation is 1. The van der Waals surface area contributed by atoms with Gasteiger partial charge in [0.1, 0.15) is 29.2 Å². The van der Waals surface area contributed by atoms with Crippen LogP contribution in [-0.2, 0) is 11.3 Å². The first-order valence-electron chi connectivity index (χ1n) is 6.08. The first kappa shape index (κ1) is 12.8. The Hall–Kier alpha value is -2.21. The second-order valence-electron chi connectivity index (χ2n) is 4.73. The zero-order valence-corrected chi connectivity index (χ0v) is 10.7. The lowest BCUT2D eigenvalue weighted by molar-refractivity contribution is -0.119. The number of furan rings is 1. The SMILES string of the molecule is Cc1ccc(CN2C(=O)C(N)c3c(F)cc(F)cc32)o1. The number of rotatable bonds is 2. The highest BCUT2D eigenvalue weighted by Crippen LogP contribution is 2.38. The quantitative estimate of drug-likeness (QED) is 0.917. The lowest BCUT2D eigenvalue weighted by atomic mass is 10.1. The summed E-state index contributed by atoms with van der Waals surface area (Å²) in [5.41, 5.74) is 5.89. The summed E-state index contributed by atoms with van der Waals surface area (Å²) in [5, 5.41) is 0. The number of amides is 1. The number of carbonyl (C=O) groups excluding carboxylic acids is 1. The molecule has 20 heavy (non-hydrogen) atoms. The molecular formula is C14H12F2N2O2. The molecule has 6 heteroatoms. The third kappa shape index (κ3) is 1.89. The van der Waals surface area contributed by atoms with Crippen LogP contribution in [0.3, 0.4) is 0 Å². The molecular weight excluding hydrogens is 266 g/mol. The van der Waals surface area contributed by atoms with E-state index in [-0.39, 0.29) is 17.8 Å². The monoisotopic (exact) mass is 278 g/mol. The van der Waals surface area contributed by atoms with Crippen LogP contribution in [0.4, 0.5) is 14.5 Å². The number of benzene rings is 1. The lowest BCUT2D eigenvalue weighted by Crippen LogP contribution is -2.31. The van der Waals surface area contributed by atoms with Crippen LogP contribution in [0.25, 0.3) is 0 Å². The molecule has 0 radical (unpaired) electrons. The van der Waals surface area contributed by atoms with Gasteiger partial charge >= 0.3 is 0 Å². The van der Waals surface area contributed by atoms with Crippen LogP contribution in [-0.4, -0.2) is 5.91 Å². The van der Waals surface area contributed by atoms with Crippen LogP contribution in [0.15, 0.2) is 28.7 Å². The van der Waals surface area contributed by atoms with E-state index < -0.39 is 23.6 Å². The highest BCUT2D eigenvalue weighted by molar-refractivity contribution is 6.04. The second kappa shape index (κ2) is 4.42. The molecule has 104 valence electrons. The predicted octanol–water partition coefficient (Wildman–Crippen LogP) is 2.41. The summed E-state index contributed by atoms with van der Waals surface area (Å²) in [7, 11) is 0. The number of nitrogens with two attached hydrogens (primary N) is 1. The summed E-state index contributed by atoms with van der Waals surface area (Å²) in [6.45, 7) is 1.87. The van der Waals surface area contributed by atoms with E-state index in [4.69, 9.17) is 10.2 Å². The predicted molar refractivity (Wildman–Crippen MR) is 67.9 cm³/mol. The lowest BCUT2D eigenvalue weighted by Gasteiger charge is -2.16. The van der Waals surface area contributed by atoms with Crippen molar-refractivity contribution >= 4 is 11.6 Å². The van der Waals surface area contributed by atoms with Crippen LogP contribution in [0, 0.1) is 18.6 Å². The minimum atomic E-state index is -1.11. The van der Waals surface area contributed by atoms with Crippen molar-refractivity contribution in [3.8, 4) is 0 Å². The van der Waals surface area contributed by atoms with Crippen molar-refractivity contribution in [2.75, 3.05) is 4.90 Å². The normalized spacial score (nSPS) is 17.7. The van der Waals surface area contributed by atoms with Gasteiger partial charge < -0.3 is 15.1 Å². The Bertz CT molecular complexity index is 696. The minimum absolute atomic E-state index is 0.0275. The van der Waals surface area contributed by atoms with Crippen molar-refractivity contribution < 1.29 is 18.0 Å². The molecule has 1 aromatic carbocycles. The molecule has 0 bridgehead atoms. The molecule has 1 aliphatic heterocycles. The Morgan fingerprint density at radius 3 is 2.75 bits per heavy atom. The van der Waals surface area contributed by atoms with Gasteiger partial charge in [-0.05, 0) is 25.1 Å². The number of hydrogen-bond acceptors (Lipinski definition) is 3. The minimum Gasteiger partial charge on any atom is -0.464 e. The Morgan fingerprint density at radius 1 is 1.35 bits per heavy atom. The van der Waals surface area contributed by atoms with Crippen molar-refractivity contribution in [2.45, 2.75) is 19.5 Å². The first-order chi connectivity index (χ1) is 9.47. The van der Waals surface area contributed by atoms with Crippen molar-refractivity contribution in [2.24, 2.45) is 5.73 Å². The Labute approximate surface area is 113 Å². The Kier molecular flexibility index (Phi) is 2.83.